The minimum atomic E-state index is -0.541. The maximum atomic E-state index is 12.2. The Morgan fingerprint density at radius 3 is 2.62 bits per heavy atom. The van der Waals surface area contributed by atoms with Gasteiger partial charge in [-0.2, -0.15) is 5.10 Å². The van der Waals surface area contributed by atoms with Crippen molar-refractivity contribution in [3.8, 4) is 33.8 Å². The lowest BCUT2D eigenvalue weighted by Gasteiger charge is -2.19. The molecule has 10 nitrogen and oxygen atoms in total. The van der Waals surface area contributed by atoms with Crippen LogP contribution in [0.5, 0.6) is 0 Å². The second-order valence-electron chi connectivity index (χ2n) is 11.9. The van der Waals surface area contributed by atoms with E-state index in [1.165, 1.54) is 6.33 Å². The number of benzene rings is 2. The number of carbonyl (C=O) groups is 1. The van der Waals surface area contributed by atoms with Crippen LogP contribution in [0.3, 0.4) is 0 Å². The van der Waals surface area contributed by atoms with Gasteiger partial charge in [-0.15, -0.1) is 0 Å². The number of rotatable bonds is 9. The first kappa shape index (κ1) is 29.7. The van der Waals surface area contributed by atoms with Crippen LogP contribution in [0, 0.1) is 6.92 Å². The first-order chi connectivity index (χ1) is 21.7. The fraction of sp³-hybridized carbons (Fsp3) is 0.229. The summed E-state index contributed by atoms with van der Waals surface area (Å²) in [7, 11) is 0. The molecule has 2 aromatic carbocycles. The predicted octanol–water partition coefficient (Wildman–Crippen LogP) is 6.72. The Morgan fingerprint density at radius 1 is 0.933 bits per heavy atom. The standard InChI is InChI=1S/C35H36N8O2.H2/c1-23-9-7-14-29(40-23)33-32(27-15-16-31-38-22-39-43(31)21-27)41-30(42-33)20-36-19-26-11-5-6-13-28(26)25-12-8-10-24(17-25)18-37-34(44)45-35(2,3)4;/h5-17,21-22,36H,18-20H2,1-4H3,(H,37,44)(H,41,42);1H. The molecule has 4 aromatic heterocycles. The van der Waals surface area contributed by atoms with E-state index in [-0.39, 0.29) is 1.43 Å². The Balaban J connectivity index is 0.00000417. The molecular weight excluding hydrogens is 564 g/mol. The molecule has 0 bridgehead atoms. The summed E-state index contributed by atoms with van der Waals surface area (Å²) in [6, 6.07) is 26.4. The lowest BCUT2D eigenvalue weighted by atomic mass is 9.98. The quantitative estimate of drug-likeness (QED) is 0.168. The Hall–Kier alpha value is -5.35. The summed E-state index contributed by atoms with van der Waals surface area (Å²) in [5.74, 6) is 0.801. The van der Waals surface area contributed by atoms with Crippen molar-refractivity contribution in [2.45, 2.75) is 52.9 Å². The number of H-pyrrole nitrogens is 1. The van der Waals surface area contributed by atoms with Gasteiger partial charge in [-0.3, -0.25) is 4.98 Å². The van der Waals surface area contributed by atoms with Crippen LogP contribution < -0.4 is 10.6 Å². The van der Waals surface area contributed by atoms with E-state index in [2.05, 4.69) is 50.0 Å². The van der Waals surface area contributed by atoms with Crippen molar-refractivity contribution in [1.82, 2.24) is 40.2 Å². The van der Waals surface area contributed by atoms with Crippen molar-refractivity contribution in [2.75, 3.05) is 0 Å². The number of imidazole rings is 1. The fourth-order valence-corrected chi connectivity index (χ4v) is 5.15. The van der Waals surface area contributed by atoms with E-state index in [1.54, 1.807) is 4.52 Å². The molecule has 45 heavy (non-hydrogen) atoms. The zero-order valence-corrected chi connectivity index (χ0v) is 25.8. The van der Waals surface area contributed by atoms with Gasteiger partial charge < -0.3 is 20.4 Å². The maximum absolute atomic E-state index is 12.2. The minimum absolute atomic E-state index is 0. The summed E-state index contributed by atoms with van der Waals surface area (Å²) >= 11 is 0. The molecule has 4 heterocycles. The van der Waals surface area contributed by atoms with Gasteiger partial charge in [0.25, 0.3) is 0 Å². The van der Waals surface area contributed by atoms with Gasteiger partial charge in [-0.1, -0.05) is 48.5 Å². The van der Waals surface area contributed by atoms with Gasteiger partial charge in [0, 0.05) is 32.0 Å². The zero-order valence-electron chi connectivity index (χ0n) is 25.8. The summed E-state index contributed by atoms with van der Waals surface area (Å²) in [5, 5.41) is 10.7. The predicted molar refractivity (Wildman–Crippen MR) is 176 cm³/mol. The number of pyridine rings is 2. The van der Waals surface area contributed by atoms with Crippen LogP contribution in [-0.2, 0) is 24.4 Å². The topological polar surface area (TPSA) is 122 Å². The molecule has 0 radical (unpaired) electrons. The summed E-state index contributed by atoms with van der Waals surface area (Å²) in [6.07, 6.45) is 3.04. The number of aromatic amines is 1. The average Bonchev–Trinajstić information content (AvgIpc) is 3.67. The van der Waals surface area contributed by atoms with Crippen LogP contribution in [-0.4, -0.2) is 41.2 Å². The van der Waals surface area contributed by atoms with Crippen LogP contribution in [0.4, 0.5) is 4.79 Å². The van der Waals surface area contributed by atoms with Crippen molar-refractivity contribution in [3.63, 3.8) is 0 Å². The molecule has 3 N–H and O–H groups in total. The maximum Gasteiger partial charge on any atom is 0.407 e. The number of hydrogen-bond donors (Lipinski definition) is 3. The number of amides is 1. The number of hydrogen-bond acceptors (Lipinski definition) is 7. The second-order valence-corrected chi connectivity index (χ2v) is 11.9. The summed E-state index contributed by atoms with van der Waals surface area (Å²) in [4.78, 5) is 29.7. The monoisotopic (exact) mass is 602 g/mol. The van der Waals surface area contributed by atoms with E-state index < -0.39 is 11.7 Å². The van der Waals surface area contributed by atoms with Gasteiger partial charge in [-0.05, 0) is 80.3 Å². The number of nitrogens with one attached hydrogen (secondary N) is 3. The van der Waals surface area contributed by atoms with Crippen molar-refractivity contribution < 1.29 is 11.0 Å². The smallest absolute Gasteiger partial charge is 0.407 e. The lowest BCUT2D eigenvalue weighted by Crippen LogP contribution is -2.32. The van der Waals surface area contributed by atoms with Gasteiger partial charge in [0.1, 0.15) is 17.8 Å². The summed E-state index contributed by atoms with van der Waals surface area (Å²) < 4.78 is 7.12. The second kappa shape index (κ2) is 12.7. The first-order valence-corrected chi connectivity index (χ1v) is 14.9. The number of ether oxygens (including phenoxy) is 1. The SMILES string of the molecule is Cc1cccc(-c2[nH]c(CNCc3ccccc3-c3cccc(CNC(=O)OC(C)(C)C)c3)nc2-c2ccc3ncnn3c2)n1.[HH]. The molecule has 0 aliphatic rings. The molecule has 0 spiro atoms. The van der Waals surface area contributed by atoms with Gasteiger partial charge in [0.15, 0.2) is 5.65 Å². The molecule has 6 aromatic rings. The van der Waals surface area contributed by atoms with Gasteiger partial charge in [0.05, 0.1) is 23.6 Å². The number of carbonyl (C=O) groups excluding carboxylic acids is 1. The van der Waals surface area contributed by atoms with Crippen LogP contribution in [0.15, 0.2) is 91.4 Å². The number of alkyl carbamates (subject to hydrolysis) is 1. The van der Waals surface area contributed by atoms with Crippen LogP contribution in [0.1, 0.15) is 44.8 Å². The molecule has 0 aliphatic heterocycles. The highest BCUT2D eigenvalue weighted by Gasteiger charge is 2.18. The molecular formula is C35H38N8O2. The molecule has 0 atom stereocenters. The number of aryl methyl sites for hydroxylation is 1. The van der Waals surface area contributed by atoms with E-state index in [0.29, 0.717) is 19.6 Å². The third kappa shape index (κ3) is 7.25. The zero-order chi connectivity index (χ0) is 31.4. The summed E-state index contributed by atoms with van der Waals surface area (Å²) in [5.41, 5.74) is 8.91. The Kier molecular flexibility index (Phi) is 8.39. The van der Waals surface area contributed by atoms with Crippen LogP contribution >= 0.6 is 0 Å². The lowest BCUT2D eigenvalue weighted by molar-refractivity contribution is 0.0523. The third-order valence-corrected chi connectivity index (χ3v) is 7.14. The Bertz CT molecular complexity index is 1960. The number of nitrogens with zero attached hydrogens (tertiary/aromatic N) is 5. The highest BCUT2D eigenvalue weighted by Crippen LogP contribution is 2.30. The van der Waals surface area contributed by atoms with E-state index in [9.17, 15) is 4.79 Å². The van der Waals surface area contributed by atoms with E-state index >= 15 is 0 Å². The largest absolute Gasteiger partial charge is 0.444 e. The molecule has 0 unspecified atom stereocenters. The van der Waals surface area contributed by atoms with Crippen LogP contribution in [0.25, 0.3) is 39.4 Å². The van der Waals surface area contributed by atoms with Crippen molar-refractivity contribution in [3.05, 3.63) is 114 Å². The fourth-order valence-electron chi connectivity index (χ4n) is 5.15. The number of fused-ring (bicyclic) bond motifs is 1. The van der Waals surface area contributed by atoms with Crippen LogP contribution in [0.2, 0.25) is 0 Å². The summed E-state index contributed by atoms with van der Waals surface area (Å²) in [6.45, 7) is 9.07. The number of aromatic nitrogens is 6. The first-order valence-electron chi connectivity index (χ1n) is 14.9. The minimum Gasteiger partial charge on any atom is -0.444 e. The van der Waals surface area contributed by atoms with Gasteiger partial charge in [0.2, 0.25) is 0 Å². The molecule has 6 rings (SSSR count). The van der Waals surface area contributed by atoms with Crippen molar-refractivity contribution in [2.24, 2.45) is 0 Å². The molecule has 0 saturated heterocycles. The Morgan fingerprint density at radius 2 is 1.78 bits per heavy atom. The van der Waals surface area contributed by atoms with E-state index in [4.69, 9.17) is 14.7 Å². The highest BCUT2D eigenvalue weighted by molar-refractivity contribution is 5.77. The van der Waals surface area contributed by atoms with E-state index in [1.807, 2.05) is 88.5 Å². The van der Waals surface area contributed by atoms with E-state index in [0.717, 1.165) is 62.1 Å². The molecule has 0 aliphatic carbocycles. The molecule has 10 heteroatoms. The normalized spacial score (nSPS) is 11.6. The average molecular weight is 603 g/mol. The van der Waals surface area contributed by atoms with Crippen molar-refractivity contribution in [1.29, 1.82) is 0 Å². The van der Waals surface area contributed by atoms with Crippen molar-refractivity contribution >= 4 is 11.7 Å². The highest BCUT2D eigenvalue weighted by atomic mass is 16.6. The van der Waals surface area contributed by atoms with Gasteiger partial charge in [-0.25, -0.2) is 19.3 Å². The van der Waals surface area contributed by atoms with Gasteiger partial charge >= 0.3 is 6.09 Å². The molecule has 230 valence electrons. The molecule has 1 amide bonds. The Labute approximate surface area is 263 Å². The third-order valence-electron chi connectivity index (χ3n) is 7.14. The molecule has 0 fully saturated rings. The molecule has 0 saturated carbocycles.